The topological polar surface area (TPSA) is 58.2 Å². The summed E-state index contributed by atoms with van der Waals surface area (Å²) in [5.41, 5.74) is 1.38. The van der Waals surface area contributed by atoms with Crippen molar-refractivity contribution in [3.8, 4) is 11.5 Å². The van der Waals surface area contributed by atoms with Gasteiger partial charge < -0.3 is 14.6 Å². The summed E-state index contributed by atoms with van der Waals surface area (Å²) in [6, 6.07) is 10.1. The number of aromatic amines is 1. The number of fused-ring (bicyclic) bond motifs is 1. The largest absolute Gasteiger partial charge is 0.457 e. The summed E-state index contributed by atoms with van der Waals surface area (Å²) in [4.78, 5) is 21.3. The Morgan fingerprint density at radius 1 is 1.10 bits per heavy atom. The number of rotatable bonds is 4. The monoisotopic (exact) mass is 401 g/mol. The van der Waals surface area contributed by atoms with Crippen molar-refractivity contribution in [2.45, 2.75) is 25.6 Å². The van der Waals surface area contributed by atoms with Crippen molar-refractivity contribution >= 4 is 5.91 Å². The molecule has 0 aliphatic carbocycles. The van der Waals surface area contributed by atoms with E-state index in [1.807, 2.05) is 12.1 Å². The van der Waals surface area contributed by atoms with Gasteiger partial charge in [0.25, 0.3) is 0 Å². The van der Waals surface area contributed by atoms with Gasteiger partial charge >= 0.3 is 6.18 Å². The number of imidazole rings is 1. The number of alkyl halides is 3. The zero-order valence-corrected chi connectivity index (χ0v) is 15.4. The summed E-state index contributed by atoms with van der Waals surface area (Å²) in [6.45, 7) is 1.09. The molecule has 5 nitrogen and oxygen atoms in total. The van der Waals surface area contributed by atoms with Gasteiger partial charge in [0, 0.05) is 25.5 Å². The van der Waals surface area contributed by atoms with Crippen molar-refractivity contribution in [1.29, 1.82) is 0 Å². The fourth-order valence-electron chi connectivity index (χ4n) is 3.31. The molecule has 3 aromatic rings. The summed E-state index contributed by atoms with van der Waals surface area (Å²) in [5.74, 6) is 1.45. The number of benzene rings is 2. The Kier molecular flexibility index (Phi) is 5.00. The molecule has 1 aromatic heterocycles. The van der Waals surface area contributed by atoms with E-state index in [-0.39, 0.29) is 12.3 Å². The number of aromatic nitrogens is 2. The standard InChI is InChI=1S/C21H18F3N3O2/c22-21(23,24)16-2-5-17(6-3-16)29-18-4-1-14-7-10-27(13-15(14)11-18)20(28)12-19-25-8-9-26-19/h1-6,8-9,11H,7,10,12-13H2,(H,25,26). The first-order valence-corrected chi connectivity index (χ1v) is 9.11. The number of nitrogens with one attached hydrogen (secondary N) is 1. The summed E-state index contributed by atoms with van der Waals surface area (Å²) in [7, 11) is 0. The van der Waals surface area contributed by atoms with Crippen LogP contribution in [0.15, 0.2) is 54.9 Å². The van der Waals surface area contributed by atoms with E-state index in [1.165, 1.54) is 12.1 Å². The molecule has 0 saturated heterocycles. The first kappa shape index (κ1) is 19.0. The first-order valence-electron chi connectivity index (χ1n) is 9.11. The lowest BCUT2D eigenvalue weighted by Crippen LogP contribution is -2.37. The van der Waals surface area contributed by atoms with Gasteiger partial charge in [0.05, 0.1) is 12.0 Å². The molecule has 4 rings (SSSR count). The van der Waals surface area contributed by atoms with Crippen molar-refractivity contribution in [3.05, 3.63) is 77.4 Å². The molecule has 2 heterocycles. The molecule has 0 radical (unpaired) electrons. The lowest BCUT2D eigenvalue weighted by atomic mass is 9.99. The Morgan fingerprint density at radius 2 is 1.86 bits per heavy atom. The van der Waals surface area contributed by atoms with Crippen LogP contribution in [0.1, 0.15) is 22.5 Å². The molecule has 1 amide bonds. The number of nitrogens with zero attached hydrogens (tertiary/aromatic N) is 2. The van der Waals surface area contributed by atoms with E-state index in [0.29, 0.717) is 30.4 Å². The second-order valence-corrected chi connectivity index (χ2v) is 6.83. The summed E-state index contributed by atoms with van der Waals surface area (Å²) in [5, 5.41) is 0. The summed E-state index contributed by atoms with van der Waals surface area (Å²) < 4.78 is 43.7. The van der Waals surface area contributed by atoms with E-state index in [2.05, 4.69) is 9.97 Å². The van der Waals surface area contributed by atoms with Crippen LogP contribution >= 0.6 is 0 Å². The van der Waals surface area contributed by atoms with Gasteiger partial charge in [-0.15, -0.1) is 0 Å². The van der Waals surface area contributed by atoms with Crippen LogP contribution in [0.25, 0.3) is 0 Å². The average molecular weight is 401 g/mol. The molecule has 2 aromatic carbocycles. The molecule has 150 valence electrons. The summed E-state index contributed by atoms with van der Waals surface area (Å²) in [6.07, 6.45) is -0.141. The van der Waals surface area contributed by atoms with Gasteiger partial charge in [-0.3, -0.25) is 4.79 Å². The van der Waals surface area contributed by atoms with E-state index in [9.17, 15) is 18.0 Å². The van der Waals surface area contributed by atoms with Gasteiger partial charge in [0.2, 0.25) is 5.91 Å². The molecule has 0 bridgehead atoms. The van der Waals surface area contributed by atoms with Gasteiger partial charge in [0.1, 0.15) is 17.3 Å². The Morgan fingerprint density at radius 3 is 2.55 bits per heavy atom. The number of H-pyrrole nitrogens is 1. The van der Waals surface area contributed by atoms with Crippen molar-refractivity contribution in [1.82, 2.24) is 14.9 Å². The number of carbonyl (C=O) groups is 1. The smallest absolute Gasteiger partial charge is 0.416 e. The van der Waals surface area contributed by atoms with Crippen LogP contribution in [0.5, 0.6) is 11.5 Å². The van der Waals surface area contributed by atoms with E-state index < -0.39 is 11.7 Å². The third-order valence-corrected chi connectivity index (χ3v) is 4.83. The highest BCUT2D eigenvalue weighted by molar-refractivity contribution is 5.78. The minimum Gasteiger partial charge on any atom is -0.457 e. The van der Waals surface area contributed by atoms with E-state index >= 15 is 0 Å². The lowest BCUT2D eigenvalue weighted by molar-refractivity contribution is -0.137. The lowest BCUT2D eigenvalue weighted by Gasteiger charge is -2.29. The van der Waals surface area contributed by atoms with Gasteiger partial charge in [-0.25, -0.2) is 4.98 Å². The molecular weight excluding hydrogens is 383 g/mol. The molecule has 1 aliphatic heterocycles. The molecule has 0 atom stereocenters. The predicted molar refractivity (Wildman–Crippen MR) is 99.4 cm³/mol. The van der Waals surface area contributed by atoms with Crippen LogP contribution < -0.4 is 4.74 Å². The molecule has 0 spiro atoms. The molecule has 0 saturated carbocycles. The predicted octanol–water partition coefficient (Wildman–Crippen LogP) is 4.35. The SMILES string of the molecule is O=C(Cc1ncc[nH]1)N1CCc2ccc(Oc3ccc(C(F)(F)F)cc3)cc2C1. The van der Waals surface area contributed by atoms with Gasteiger partial charge in [-0.2, -0.15) is 13.2 Å². The Balaban J connectivity index is 1.45. The number of amides is 1. The van der Waals surface area contributed by atoms with Crippen molar-refractivity contribution in [2.24, 2.45) is 0 Å². The maximum Gasteiger partial charge on any atom is 0.416 e. The van der Waals surface area contributed by atoms with Crippen molar-refractivity contribution < 1.29 is 22.7 Å². The minimum atomic E-state index is -4.38. The third kappa shape index (κ3) is 4.42. The zero-order chi connectivity index (χ0) is 20.4. The molecule has 29 heavy (non-hydrogen) atoms. The van der Waals surface area contributed by atoms with Crippen LogP contribution in [0.4, 0.5) is 13.2 Å². The minimum absolute atomic E-state index is 0.0142. The van der Waals surface area contributed by atoms with E-state index in [4.69, 9.17) is 4.74 Å². The molecule has 0 fully saturated rings. The normalized spacial score (nSPS) is 13.8. The Bertz CT molecular complexity index is 999. The zero-order valence-electron chi connectivity index (χ0n) is 15.4. The van der Waals surface area contributed by atoms with Gasteiger partial charge in [-0.05, 0) is 53.9 Å². The van der Waals surface area contributed by atoms with Gasteiger partial charge in [0.15, 0.2) is 0 Å². The van der Waals surface area contributed by atoms with Crippen LogP contribution in [0.3, 0.4) is 0 Å². The molecule has 1 N–H and O–H groups in total. The fourth-order valence-corrected chi connectivity index (χ4v) is 3.31. The second kappa shape index (κ2) is 7.62. The molecule has 0 unspecified atom stereocenters. The first-order chi connectivity index (χ1) is 13.9. The fraction of sp³-hybridized carbons (Fsp3) is 0.238. The Labute approximate surface area is 165 Å². The van der Waals surface area contributed by atoms with Crippen LogP contribution in [0, 0.1) is 0 Å². The van der Waals surface area contributed by atoms with E-state index in [0.717, 1.165) is 29.7 Å². The summed E-state index contributed by atoms with van der Waals surface area (Å²) >= 11 is 0. The maximum absolute atomic E-state index is 12.7. The number of carbonyl (C=O) groups excluding carboxylic acids is 1. The molecular formula is C21H18F3N3O2. The molecule has 1 aliphatic rings. The van der Waals surface area contributed by atoms with Crippen molar-refractivity contribution in [3.63, 3.8) is 0 Å². The number of hydrogen-bond donors (Lipinski definition) is 1. The van der Waals surface area contributed by atoms with Crippen LogP contribution in [0.2, 0.25) is 0 Å². The Hall–Kier alpha value is -3.29. The third-order valence-electron chi connectivity index (χ3n) is 4.83. The van der Waals surface area contributed by atoms with E-state index in [1.54, 1.807) is 23.4 Å². The number of halogens is 3. The quantitative estimate of drug-likeness (QED) is 0.707. The number of ether oxygens (including phenoxy) is 1. The highest BCUT2D eigenvalue weighted by Gasteiger charge is 2.30. The van der Waals surface area contributed by atoms with Crippen LogP contribution in [-0.4, -0.2) is 27.3 Å². The van der Waals surface area contributed by atoms with Crippen molar-refractivity contribution in [2.75, 3.05) is 6.54 Å². The second-order valence-electron chi connectivity index (χ2n) is 6.83. The number of hydrogen-bond acceptors (Lipinski definition) is 3. The van der Waals surface area contributed by atoms with Crippen LogP contribution in [-0.2, 0) is 30.4 Å². The molecule has 8 heteroatoms. The highest BCUT2D eigenvalue weighted by atomic mass is 19.4. The highest BCUT2D eigenvalue weighted by Crippen LogP contribution is 2.32. The van der Waals surface area contributed by atoms with Gasteiger partial charge in [-0.1, -0.05) is 6.07 Å². The maximum atomic E-state index is 12.7. The average Bonchev–Trinajstić information content (AvgIpc) is 3.20.